The van der Waals surface area contributed by atoms with Crippen molar-refractivity contribution >= 4 is 25.6 Å². The molecular weight excluding hydrogens is 312 g/mol. The molecule has 1 saturated carbocycles. The predicted molar refractivity (Wildman–Crippen MR) is 82.0 cm³/mol. The third kappa shape index (κ3) is 4.01. The maximum Gasteiger partial charge on any atom is 0.268 e. The van der Waals surface area contributed by atoms with E-state index in [1.54, 1.807) is 4.57 Å². The van der Waals surface area contributed by atoms with Crippen molar-refractivity contribution in [2.75, 3.05) is 0 Å². The normalized spacial score (nSPS) is 22.4. The van der Waals surface area contributed by atoms with Crippen LogP contribution in [-0.2, 0) is 15.6 Å². The molecule has 1 heterocycles. The average Bonchev–Trinajstić information content (AvgIpc) is 2.96. The van der Waals surface area contributed by atoms with Crippen molar-refractivity contribution in [2.24, 2.45) is 5.92 Å². The lowest BCUT2D eigenvalue weighted by atomic mass is 10.1. The third-order valence-electron chi connectivity index (χ3n) is 3.88. The maximum absolute atomic E-state index is 12.4. The van der Waals surface area contributed by atoms with E-state index in [4.69, 9.17) is 10.7 Å². The molecule has 0 saturated heterocycles. The van der Waals surface area contributed by atoms with Crippen molar-refractivity contribution in [2.45, 2.75) is 57.0 Å². The summed E-state index contributed by atoms with van der Waals surface area (Å²) in [4.78, 5) is 12.3. The number of nitrogens with one attached hydrogen (secondary N) is 1. The molecular formula is C14H21ClN2O3S. The molecule has 1 aliphatic carbocycles. The van der Waals surface area contributed by atoms with E-state index in [0.29, 0.717) is 18.2 Å². The van der Waals surface area contributed by atoms with Crippen LogP contribution in [-0.4, -0.2) is 24.9 Å². The first kappa shape index (κ1) is 16.4. The number of hydrogen-bond acceptors (Lipinski definition) is 3. The lowest BCUT2D eigenvalue weighted by Gasteiger charge is -2.13. The lowest BCUT2D eigenvalue weighted by molar-refractivity contribution is 0.0927. The van der Waals surface area contributed by atoms with Gasteiger partial charge in [0.05, 0.1) is 0 Å². The number of carbonyl (C=O) groups is 1. The highest BCUT2D eigenvalue weighted by Crippen LogP contribution is 2.25. The molecule has 5 nitrogen and oxygen atoms in total. The van der Waals surface area contributed by atoms with Crippen LogP contribution in [0.5, 0.6) is 0 Å². The second-order valence-electron chi connectivity index (χ2n) is 5.78. The first-order chi connectivity index (χ1) is 9.81. The van der Waals surface area contributed by atoms with E-state index in [1.807, 2.05) is 6.92 Å². The number of halogens is 1. The molecule has 1 aromatic heterocycles. The second-order valence-corrected chi connectivity index (χ2v) is 8.35. The van der Waals surface area contributed by atoms with Crippen LogP contribution in [0, 0.1) is 5.92 Å². The number of carbonyl (C=O) groups excluding carboxylic acids is 1. The topological polar surface area (TPSA) is 68.2 Å². The molecule has 21 heavy (non-hydrogen) atoms. The minimum absolute atomic E-state index is 0.0254. The van der Waals surface area contributed by atoms with Crippen molar-refractivity contribution in [3.63, 3.8) is 0 Å². The number of aromatic nitrogens is 1. The van der Waals surface area contributed by atoms with Crippen LogP contribution in [0.2, 0.25) is 0 Å². The molecule has 2 rings (SSSR count). The van der Waals surface area contributed by atoms with E-state index in [-0.39, 0.29) is 16.8 Å². The zero-order valence-electron chi connectivity index (χ0n) is 12.3. The lowest BCUT2D eigenvalue weighted by Crippen LogP contribution is -2.34. The molecule has 1 fully saturated rings. The van der Waals surface area contributed by atoms with Crippen LogP contribution in [0.3, 0.4) is 0 Å². The van der Waals surface area contributed by atoms with Crippen molar-refractivity contribution in [1.29, 1.82) is 0 Å². The molecule has 0 bridgehead atoms. The Morgan fingerprint density at radius 2 is 2.19 bits per heavy atom. The molecule has 118 valence electrons. The Kier molecular flexibility index (Phi) is 4.99. The Balaban J connectivity index is 2.20. The maximum atomic E-state index is 12.4. The molecule has 1 aliphatic rings. The van der Waals surface area contributed by atoms with Gasteiger partial charge in [0.1, 0.15) is 10.6 Å². The Labute approximate surface area is 130 Å². The smallest absolute Gasteiger partial charge is 0.268 e. The Morgan fingerprint density at radius 1 is 1.48 bits per heavy atom. The zero-order valence-corrected chi connectivity index (χ0v) is 13.9. The van der Waals surface area contributed by atoms with E-state index < -0.39 is 9.05 Å². The van der Waals surface area contributed by atoms with E-state index in [0.717, 1.165) is 25.7 Å². The number of nitrogens with zero attached hydrogens (tertiary/aromatic N) is 1. The van der Waals surface area contributed by atoms with E-state index in [2.05, 4.69) is 12.2 Å². The summed E-state index contributed by atoms with van der Waals surface area (Å²) in [5.74, 6) is 0.394. The molecule has 0 spiro atoms. The SMILES string of the molecule is CCCn1cc(S(=O)(=O)Cl)cc1C(=O)NC1CCC(C)C1. The van der Waals surface area contributed by atoms with Crippen molar-refractivity contribution in [3.05, 3.63) is 18.0 Å². The summed E-state index contributed by atoms with van der Waals surface area (Å²) in [6.07, 6.45) is 5.29. The van der Waals surface area contributed by atoms with Crippen LogP contribution in [0.1, 0.15) is 50.0 Å². The van der Waals surface area contributed by atoms with Gasteiger partial charge in [-0.3, -0.25) is 4.79 Å². The Morgan fingerprint density at radius 3 is 2.71 bits per heavy atom. The summed E-state index contributed by atoms with van der Waals surface area (Å²) in [7, 11) is 1.54. The van der Waals surface area contributed by atoms with E-state index >= 15 is 0 Å². The standard InChI is InChI=1S/C14H21ClN2O3S/c1-3-6-17-9-12(21(15,19)20)8-13(17)14(18)16-11-5-4-10(2)7-11/h8-11H,3-7H2,1-2H3,(H,16,18). The quantitative estimate of drug-likeness (QED) is 0.843. The number of aryl methyl sites for hydroxylation is 1. The minimum Gasteiger partial charge on any atom is -0.348 e. The zero-order chi connectivity index (χ0) is 15.6. The number of rotatable bonds is 5. The summed E-state index contributed by atoms with van der Waals surface area (Å²) in [6, 6.07) is 1.53. The first-order valence-electron chi connectivity index (χ1n) is 7.27. The number of amides is 1. The van der Waals surface area contributed by atoms with Gasteiger partial charge in [-0.15, -0.1) is 0 Å². The molecule has 0 aliphatic heterocycles. The fraction of sp³-hybridized carbons (Fsp3) is 0.643. The molecule has 0 radical (unpaired) electrons. The molecule has 7 heteroatoms. The molecule has 1 aromatic rings. The average molecular weight is 333 g/mol. The largest absolute Gasteiger partial charge is 0.348 e. The third-order valence-corrected chi connectivity index (χ3v) is 5.20. The second kappa shape index (κ2) is 6.40. The highest BCUT2D eigenvalue weighted by molar-refractivity contribution is 8.13. The molecule has 0 aromatic carbocycles. The van der Waals surface area contributed by atoms with Gasteiger partial charge in [0.25, 0.3) is 15.0 Å². The van der Waals surface area contributed by atoms with Gasteiger partial charge in [-0.1, -0.05) is 13.8 Å². The van der Waals surface area contributed by atoms with Gasteiger partial charge >= 0.3 is 0 Å². The van der Waals surface area contributed by atoms with Crippen LogP contribution in [0.15, 0.2) is 17.2 Å². The first-order valence-corrected chi connectivity index (χ1v) is 9.58. The predicted octanol–water partition coefficient (Wildman–Crippen LogP) is 2.74. The molecule has 1 amide bonds. The summed E-state index contributed by atoms with van der Waals surface area (Å²) in [5, 5.41) is 2.99. The van der Waals surface area contributed by atoms with Crippen LogP contribution in [0.4, 0.5) is 0 Å². The Bertz CT molecular complexity index is 624. The van der Waals surface area contributed by atoms with Crippen molar-refractivity contribution in [3.8, 4) is 0 Å². The van der Waals surface area contributed by atoms with Gasteiger partial charge in [0.15, 0.2) is 0 Å². The summed E-state index contributed by atoms with van der Waals surface area (Å²) in [6.45, 7) is 4.72. The summed E-state index contributed by atoms with van der Waals surface area (Å²) < 4.78 is 24.5. The molecule has 2 atom stereocenters. The monoisotopic (exact) mass is 332 g/mol. The van der Waals surface area contributed by atoms with Gasteiger partial charge < -0.3 is 9.88 Å². The van der Waals surface area contributed by atoms with E-state index in [9.17, 15) is 13.2 Å². The molecule has 1 N–H and O–H groups in total. The Hall–Kier alpha value is -1.01. The highest BCUT2D eigenvalue weighted by atomic mass is 35.7. The number of hydrogen-bond donors (Lipinski definition) is 1. The highest BCUT2D eigenvalue weighted by Gasteiger charge is 2.25. The van der Waals surface area contributed by atoms with Crippen molar-refractivity contribution < 1.29 is 13.2 Å². The minimum atomic E-state index is -3.82. The van der Waals surface area contributed by atoms with E-state index in [1.165, 1.54) is 12.3 Å². The van der Waals surface area contributed by atoms with Crippen LogP contribution < -0.4 is 5.32 Å². The van der Waals surface area contributed by atoms with Gasteiger partial charge in [-0.2, -0.15) is 0 Å². The summed E-state index contributed by atoms with van der Waals surface area (Å²) in [5.41, 5.74) is 0.357. The van der Waals surface area contributed by atoms with Crippen molar-refractivity contribution in [1.82, 2.24) is 9.88 Å². The summed E-state index contributed by atoms with van der Waals surface area (Å²) >= 11 is 0. The van der Waals surface area contributed by atoms with Gasteiger partial charge in [0.2, 0.25) is 0 Å². The fourth-order valence-electron chi connectivity index (χ4n) is 2.83. The van der Waals surface area contributed by atoms with Gasteiger partial charge in [0, 0.05) is 29.5 Å². The fourth-order valence-corrected chi connectivity index (χ4v) is 3.59. The van der Waals surface area contributed by atoms with Crippen LogP contribution >= 0.6 is 10.7 Å². The van der Waals surface area contributed by atoms with Gasteiger partial charge in [-0.05, 0) is 37.7 Å². The van der Waals surface area contributed by atoms with Crippen LogP contribution in [0.25, 0.3) is 0 Å². The molecule has 2 unspecified atom stereocenters. The van der Waals surface area contributed by atoms with Gasteiger partial charge in [-0.25, -0.2) is 8.42 Å².